The molecule has 1 heterocycles. The predicted octanol–water partition coefficient (Wildman–Crippen LogP) is 1.99. The molecule has 0 saturated heterocycles. The molecular formula is C16H22N2O3. The van der Waals surface area contributed by atoms with Gasteiger partial charge in [0.2, 0.25) is 5.91 Å². The highest BCUT2D eigenvalue weighted by atomic mass is 16.5. The Bertz CT molecular complexity index is 554. The van der Waals surface area contributed by atoms with Crippen LogP contribution in [0.15, 0.2) is 18.2 Å². The van der Waals surface area contributed by atoms with Crippen molar-refractivity contribution in [3.05, 3.63) is 23.8 Å². The molecule has 0 fully saturated rings. The van der Waals surface area contributed by atoms with Gasteiger partial charge in [-0.3, -0.25) is 9.59 Å². The van der Waals surface area contributed by atoms with Crippen molar-refractivity contribution in [2.75, 3.05) is 18.0 Å². The zero-order valence-corrected chi connectivity index (χ0v) is 12.8. The zero-order valence-electron chi connectivity index (χ0n) is 12.8. The van der Waals surface area contributed by atoms with Gasteiger partial charge in [-0.15, -0.1) is 0 Å². The predicted molar refractivity (Wildman–Crippen MR) is 81.7 cm³/mol. The Hall–Kier alpha value is -1.88. The number of hydrogen-bond acceptors (Lipinski definition) is 4. The summed E-state index contributed by atoms with van der Waals surface area (Å²) in [7, 11) is 0. The number of Topliss-reactive ketones (excluding diaryl/α,β-unsaturated/α-hetero) is 1. The molecule has 5 heteroatoms. The molecule has 0 saturated carbocycles. The fraction of sp³-hybridized carbons (Fsp3) is 0.500. The lowest BCUT2D eigenvalue weighted by Gasteiger charge is -2.34. The number of fused-ring (bicyclic) bond motifs is 1. The van der Waals surface area contributed by atoms with E-state index in [4.69, 9.17) is 10.5 Å². The van der Waals surface area contributed by atoms with Gasteiger partial charge < -0.3 is 15.4 Å². The number of benzene rings is 1. The van der Waals surface area contributed by atoms with Gasteiger partial charge in [-0.05, 0) is 31.7 Å². The molecule has 2 rings (SSSR count). The van der Waals surface area contributed by atoms with Crippen molar-refractivity contribution in [3.8, 4) is 5.75 Å². The zero-order chi connectivity index (χ0) is 15.6. The third-order valence-electron chi connectivity index (χ3n) is 3.47. The van der Waals surface area contributed by atoms with E-state index in [1.165, 1.54) is 0 Å². The maximum absolute atomic E-state index is 12.4. The van der Waals surface area contributed by atoms with Crippen molar-refractivity contribution in [1.82, 2.24) is 0 Å². The summed E-state index contributed by atoms with van der Waals surface area (Å²) in [6.07, 6.45) is 0.236. The van der Waals surface area contributed by atoms with Crippen LogP contribution < -0.4 is 15.4 Å². The molecule has 21 heavy (non-hydrogen) atoms. The SMILES string of the molecule is CC1CN(C(=O)C(C)C)c2cc(C(=O)CCN)ccc2O1. The quantitative estimate of drug-likeness (QED) is 0.861. The second-order valence-electron chi connectivity index (χ2n) is 5.68. The van der Waals surface area contributed by atoms with Gasteiger partial charge in [-0.1, -0.05) is 13.8 Å². The van der Waals surface area contributed by atoms with Crippen LogP contribution in [-0.4, -0.2) is 30.9 Å². The fourth-order valence-electron chi connectivity index (χ4n) is 2.41. The summed E-state index contributed by atoms with van der Waals surface area (Å²) < 4.78 is 5.76. The lowest BCUT2D eigenvalue weighted by molar-refractivity contribution is -0.121. The Labute approximate surface area is 125 Å². The molecule has 1 atom stereocenters. The Morgan fingerprint density at radius 3 is 2.76 bits per heavy atom. The van der Waals surface area contributed by atoms with Gasteiger partial charge in [0.25, 0.3) is 0 Å². The Morgan fingerprint density at radius 2 is 2.14 bits per heavy atom. The standard InChI is InChI=1S/C16H22N2O3/c1-10(2)16(20)18-9-11(3)21-15-5-4-12(8-13(15)18)14(19)6-7-17/h4-5,8,10-11H,6-7,9,17H2,1-3H3. The summed E-state index contributed by atoms with van der Waals surface area (Å²) in [5.74, 6) is 0.560. The van der Waals surface area contributed by atoms with Gasteiger partial charge in [0.05, 0.1) is 12.2 Å². The number of hydrogen-bond donors (Lipinski definition) is 1. The highest BCUT2D eigenvalue weighted by Crippen LogP contribution is 2.35. The minimum absolute atomic E-state index is 0.0177. The molecule has 1 amide bonds. The molecule has 1 aliphatic rings. The van der Waals surface area contributed by atoms with Crippen molar-refractivity contribution >= 4 is 17.4 Å². The number of nitrogens with two attached hydrogens (primary N) is 1. The number of anilines is 1. The number of nitrogens with zero attached hydrogens (tertiary/aromatic N) is 1. The lowest BCUT2D eigenvalue weighted by atomic mass is 10.0. The van der Waals surface area contributed by atoms with Crippen LogP contribution in [0.2, 0.25) is 0 Å². The number of ketones is 1. The van der Waals surface area contributed by atoms with E-state index in [0.717, 1.165) is 0 Å². The van der Waals surface area contributed by atoms with Crippen LogP contribution in [0.4, 0.5) is 5.69 Å². The molecule has 0 aromatic heterocycles. The average molecular weight is 290 g/mol. The van der Waals surface area contributed by atoms with Gasteiger partial charge in [-0.2, -0.15) is 0 Å². The topological polar surface area (TPSA) is 72.6 Å². The minimum Gasteiger partial charge on any atom is -0.487 e. The molecule has 0 spiro atoms. The minimum atomic E-state index is -0.105. The summed E-state index contributed by atoms with van der Waals surface area (Å²) >= 11 is 0. The first kappa shape index (κ1) is 15.5. The largest absolute Gasteiger partial charge is 0.487 e. The van der Waals surface area contributed by atoms with E-state index in [1.54, 1.807) is 23.1 Å². The van der Waals surface area contributed by atoms with Crippen molar-refractivity contribution in [1.29, 1.82) is 0 Å². The van der Waals surface area contributed by atoms with Crippen LogP contribution in [0.1, 0.15) is 37.6 Å². The fourth-order valence-corrected chi connectivity index (χ4v) is 2.41. The average Bonchev–Trinajstić information content (AvgIpc) is 2.45. The number of ether oxygens (including phenoxy) is 1. The van der Waals surface area contributed by atoms with E-state index in [9.17, 15) is 9.59 Å². The van der Waals surface area contributed by atoms with Gasteiger partial charge >= 0.3 is 0 Å². The van der Waals surface area contributed by atoms with E-state index in [2.05, 4.69) is 0 Å². The lowest BCUT2D eigenvalue weighted by Crippen LogP contribution is -2.44. The van der Waals surface area contributed by atoms with Gasteiger partial charge in [0, 0.05) is 17.9 Å². The third-order valence-corrected chi connectivity index (χ3v) is 3.47. The molecule has 0 radical (unpaired) electrons. The molecule has 1 aromatic carbocycles. The summed E-state index contributed by atoms with van der Waals surface area (Å²) in [6.45, 7) is 6.48. The number of carbonyl (C=O) groups is 2. The maximum atomic E-state index is 12.4. The Balaban J connectivity index is 2.40. The molecule has 0 aliphatic carbocycles. The van der Waals surface area contributed by atoms with Crippen molar-refractivity contribution in [2.45, 2.75) is 33.3 Å². The number of carbonyl (C=O) groups excluding carboxylic acids is 2. The molecule has 5 nitrogen and oxygen atoms in total. The first-order valence-electron chi connectivity index (χ1n) is 7.29. The third kappa shape index (κ3) is 3.24. The van der Waals surface area contributed by atoms with Crippen LogP contribution >= 0.6 is 0 Å². The summed E-state index contributed by atoms with van der Waals surface area (Å²) in [5.41, 5.74) is 6.67. The van der Waals surface area contributed by atoms with Crippen LogP contribution in [0.5, 0.6) is 5.75 Å². The summed E-state index contributed by atoms with van der Waals surface area (Å²) in [6, 6.07) is 5.22. The highest BCUT2D eigenvalue weighted by Gasteiger charge is 2.29. The van der Waals surface area contributed by atoms with Crippen LogP contribution in [-0.2, 0) is 4.79 Å². The second kappa shape index (κ2) is 6.26. The molecule has 0 bridgehead atoms. The summed E-state index contributed by atoms with van der Waals surface area (Å²) in [5, 5.41) is 0. The smallest absolute Gasteiger partial charge is 0.229 e. The second-order valence-corrected chi connectivity index (χ2v) is 5.68. The van der Waals surface area contributed by atoms with Crippen LogP contribution in [0, 0.1) is 5.92 Å². The van der Waals surface area contributed by atoms with Crippen molar-refractivity contribution in [3.63, 3.8) is 0 Å². The van der Waals surface area contributed by atoms with Crippen LogP contribution in [0.25, 0.3) is 0 Å². The van der Waals surface area contributed by atoms with E-state index in [1.807, 2.05) is 20.8 Å². The molecule has 2 N–H and O–H groups in total. The van der Waals surface area contributed by atoms with E-state index < -0.39 is 0 Å². The molecule has 114 valence electrons. The van der Waals surface area contributed by atoms with Gasteiger partial charge in [-0.25, -0.2) is 0 Å². The van der Waals surface area contributed by atoms with Crippen molar-refractivity contribution < 1.29 is 14.3 Å². The normalized spacial score (nSPS) is 17.4. The van der Waals surface area contributed by atoms with E-state index in [0.29, 0.717) is 36.5 Å². The van der Waals surface area contributed by atoms with Crippen LogP contribution in [0.3, 0.4) is 0 Å². The number of amides is 1. The van der Waals surface area contributed by atoms with E-state index >= 15 is 0 Å². The monoisotopic (exact) mass is 290 g/mol. The van der Waals surface area contributed by atoms with E-state index in [-0.39, 0.29) is 23.7 Å². The number of rotatable bonds is 4. The molecular weight excluding hydrogens is 268 g/mol. The first-order chi connectivity index (χ1) is 9.93. The van der Waals surface area contributed by atoms with Gasteiger partial charge in [0.15, 0.2) is 5.78 Å². The Morgan fingerprint density at radius 1 is 1.43 bits per heavy atom. The summed E-state index contributed by atoms with van der Waals surface area (Å²) in [4.78, 5) is 26.1. The Kier molecular flexibility index (Phi) is 4.63. The highest BCUT2D eigenvalue weighted by molar-refractivity contribution is 6.01. The molecule has 1 unspecified atom stereocenters. The molecule has 1 aromatic rings. The first-order valence-corrected chi connectivity index (χ1v) is 7.29. The molecule has 1 aliphatic heterocycles. The maximum Gasteiger partial charge on any atom is 0.229 e. The van der Waals surface area contributed by atoms with Gasteiger partial charge in [0.1, 0.15) is 11.9 Å². The van der Waals surface area contributed by atoms with Crippen molar-refractivity contribution in [2.24, 2.45) is 11.7 Å².